The minimum Gasteiger partial charge on any atom is -0.491 e. The van der Waals surface area contributed by atoms with Gasteiger partial charge in [0.2, 0.25) is 0 Å². The SMILES string of the molecule is CC(C)c1ccccc1[C@H]1COCCN1C1CC2(CCN(c3ccc(C(=O)NS(=O)(=O)c4cc5c(c([N+](=O)[O-])c4)S[C@@H]([C@H]4CC[C@](C)(O)CC4)CO5)c(Oc4cc5cc[nH]c5nc4OC(F)F)c3)CC2)C1. The number of H-pyrrole nitrogens is 1. The summed E-state index contributed by atoms with van der Waals surface area (Å²) in [6, 6.07) is 19.1. The smallest absolute Gasteiger partial charge is 0.388 e. The van der Waals surface area contributed by atoms with Gasteiger partial charge in [-0.3, -0.25) is 19.8 Å². The van der Waals surface area contributed by atoms with Crippen molar-refractivity contribution in [2.45, 2.75) is 117 Å². The number of pyridine rings is 1. The first kappa shape index (κ1) is 49.1. The number of ether oxygens (including phenoxy) is 4. The maximum atomic E-state index is 14.2. The lowest BCUT2D eigenvalue weighted by atomic mass is 9.59. The fourth-order valence-electron chi connectivity index (χ4n) is 11.3. The van der Waals surface area contributed by atoms with Crippen LogP contribution in [0.2, 0.25) is 0 Å². The molecule has 0 radical (unpaired) electrons. The number of carbonyl (C=O) groups is 1. The number of carbonyl (C=O) groups excluding carboxylic acids is 1. The number of nitro benzene ring substituents is 1. The third-order valence-corrected chi connectivity index (χ3v) is 18.1. The summed E-state index contributed by atoms with van der Waals surface area (Å²) >= 11 is 1.26. The number of nitrogens with zero attached hydrogens (tertiary/aromatic N) is 4. The summed E-state index contributed by atoms with van der Waals surface area (Å²) in [4.78, 5) is 37.5. The van der Waals surface area contributed by atoms with Crippen molar-refractivity contribution in [3.8, 4) is 23.1 Å². The average Bonchev–Trinajstić information content (AvgIpc) is 3.79. The lowest BCUT2D eigenvalue weighted by molar-refractivity contribution is -0.388. The highest BCUT2D eigenvalue weighted by Crippen LogP contribution is 2.54. The first-order valence-electron chi connectivity index (χ1n) is 24.3. The van der Waals surface area contributed by atoms with E-state index in [1.807, 2.05) is 0 Å². The summed E-state index contributed by atoms with van der Waals surface area (Å²) in [7, 11) is -4.80. The van der Waals surface area contributed by atoms with Gasteiger partial charge in [-0.25, -0.2) is 13.1 Å². The molecule has 3 N–H and O–H groups in total. The molecule has 2 aliphatic carbocycles. The van der Waals surface area contributed by atoms with Gasteiger partial charge in [-0.05, 0) is 111 Å². The van der Waals surface area contributed by atoms with Gasteiger partial charge in [-0.1, -0.05) is 38.1 Å². The average molecular weight is 1020 g/mol. The Bertz CT molecular complexity index is 2930. The summed E-state index contributed by atoms with van der Waals surface area (Å²) < 4.78 is 80.8. The first-order chi connectivity index (χ1) is 33.9. The number of morpholine rings is 1. The van der Waals surface area contributed by atoms with Crippen molar-refractivity contribution in [1.29, 1.82) is 0 Å². The van der Waals surface area contributed by atoms with E-state index in [9.17, 15) is 37.2 Å². The van der Waals surface area contributed by atoms with E-state index in [1.165, 1.54) is 35.0 Å². The molecule has 2 saturated carbocycles. The lowest BCUT2D eigenvalue weighted by Gasteiger charge is -2.57. The van der Waals surface area contributed by atoms with Crippen molar-refractivity contribution >= 4 is 50.1 Å². The number of nitro groups is 1. The van der Waals surface area contributed by atoms with Crippen molar-refractivity contribution < 1.29 is 51.0 Å². The van der Waals surface area contributed by atoms with Gasteiger partial charge in [0, 0.05) is 66.4 Å². The zero-order chi connectivity index (χ0) is 49.8. The highest BCUT2D eigenvalue weighted by molar-refractivity contribution is 8.00. The number of nitrogens with one attached hydrogen (secondary N) is 2. The molecule has 20 heteroatoms. The molecule has 3 aliphatic heterocycles. The molecule has 0 unspecified atom stereocenters. The number of piperidine rings is 1. The minimum atomic E-state index is -4.80. The van der Waals surface area contributed by atoms with Crippen molar-refractivity contribution in [3.05, 3.63) is 99.7 Å². The van der Waals surface area contributed by atoms with Crippen LogP contribution in [0.25, 0.3) is 11.0 Å². The van der Waals surface area contributed by atoms with Gasteiger partial charge in [-0.2, -0.15) is 13.8 Å². The number of halogens is 2. The van der Waals surface area contributed by atoms with Crippen LogP contribution in [0, 0.1) is 21.4 Å². The molecule has 3 aromatic carbocycles. The van der Waals surface area contributed by atoms with Crippen molar-refractivity contribution in [1.82, 2.24) is 19.6 Å². The van der Waals surface area contributed by atoms with Crippen LogP contribution in [0.1, 0.15) is 106 Å². The molecule has 5 aromatic rings. The molecule has 378 valence electrons. The maximum Gasteiger partial charge on any atom is 0.388 e. The number of aromatic amines is 1. The summed E-state index contributed by atoms with van der Waals surface area (Å²) in [5.74, 6) is -1.59. The summed E-state index contributed by atoms with van der Waals surface area (Å²) in [6.45, 7) is 6.76. The second-order valence-electron chi connectivity index (χ2n) is 20.3. The Morgan fingerprint density at radius 3 is 2.51 bits per heavy atom. The molecule has 2 aromatic heterocycles. The van der Waals surface area contributed by atoms with E-state index < -0.39 is 49.5 Å². The highest BCUT2D eigenvalue weighted by atomic mass is 32.2. The van der Waals surface area contributed by atoms with Crippen LogP contribution >= 0.6 is 11.8 Å². The molecule has 2 saturated heterocycles. The summed E-state index contributed by atoms with van der Waals surface area (Å²) in [6.07, 6.45) is 8.12. The fourth-order valence-corrected chi connectivity index (χ4v) is 13.7. The van der Waals surface area contributed by atoms with E-state index in [2.05, 4.69) is 62.6 Å². The standard InChI is InChI=1S/C51H58F2N6O10S2/c1-30(2)36-6-4-5-7-37(36)40-28-66-21-20-58(40)34-26-51(27-34)15-18-57(19-16-51)33-8-9-38(41(23-33)68-43-22-32-12-17-54-46(32)55-48(43)69-49(52)53)47(60)56-71(64,65)35-24-39(59(62)63)45-42(25-35)67-29-44(70-45)31-10-13-50(3,61)14-11-31/h4-9,12,17,22-25,30-31,34,40,44,49,61H,10-11,13-16,18-21,26-29H2,1-3H3,(H,54,55)(H,56,60)/t31-,40-,44-,50-/m1/s1. The maximum absolute atomic E-state index is 14.2. The van der Waals surface area contributed by atoms with E-state index in [0.717, 1.165) is 44.4 Å². The fraction of sp³-hybridized carbons (Fsp3) is 0.490. The molecule has 5 aliphatic rings. The predicted octanol–water partition coefficient (Wildman–Crippen LogP) is 9.72. The molecule has 5 heterocycles. The van der Waals surface area contributed by atoms with Crippen LogP contribution < -0.4 is 23.8 Å². The summed E-state index contributed by atoms with van der Waals surface area (Å²) in [5, 5.41) is 23.3. The Morgan fingerprint density at radius 2 is 1.77 bits per heavy atom. The Hall–Kier alpha value is -5.54. The quantitative estimate of drug-likeness (QED) is 0.0744. The number of aromatic nitrogens is 2. The monoisotopic (exact) mass is 1020 g/mol. The number of thioether (sulfide) groups is 1. The second-order valence-corrected chi connectivity index (χ2v) is 23.2. The van der Waals surface area contributed by atoms with Crippen molar-refractivity contribution in [2.24, 2.45) is 11.3 Å². The molecule has 16 nitrogen and oxygen atoms in total. The molecule has 4 fully saturated rings. The number of aliphatic hydroxyl groups is 1. The van der Waals surface area contributed by atoms with Gasteiger partial charge in [0.15, 0.2) is 5.75 Å². The molecule has 71 heavy (non-hydrogen) atoms. The molecular formula is C51H58F2N6O10S2. The zero-order valence-corrected chi connectivity index (χ0v) is 41.4. The molecule has 1 spiro atoms. The van der Waals surface area contributed by atoms with E-state index in [-0.39, 0.29) is 62.6 Å². The minimum absolute atomic E-state index is 0.00194. The highest BCUT2D eigenvalue weighted by Gasteiger charge is 2.50. The van der Waals surface area contributed by atoms with Crippen molar-refractivity contribution in [2.75, 3.05) is 44.4 Å². The third-order valence-electron chi connectivity index (χ3n) is 15.3. The van der Waals surface area contributed by atoms with Gasteiger partial charge >= 0.3 is 6.61 Å². The van der Waals surface area contributed by atoms with Crippen LogP contribution in [-0.2, 0) is 14.8 Å². The molecule has 2 atom stereocenters. The van der Waals surface area contributed by atoms with Crippen LogP contribution in [0.3, 0.4) is 0 Å². The number of anilines is 1. The topological polar surface area (TPSA) is 199 Å². The number of sulfonamides is 1. The number of rotatable bonds is 13. The van der Waals surface area contributed by atoms with E-state index in [4.69, 9.17) is 18.9 Å². The van der Waals surface area contributed by atoms with Gasteiger partial charge in [0.1, 0.15) is 28.6 Å². The van der Waals surface area contributed by atoms with Gasteiger partial charge in [0.05, 0.1) is 40.2 Å². The number of benzene rings is 3. The Kier molecular flexibility index (Phi) is 13.5. The Balaban J connectivity index is 0.889. The Morgan fingerprint density at radius 1 is 1.01 bits per heavy atom. The number of fused-ring (bicyclic) bond motifs is 2. The third kappa shape index (κ3) is 10.1. The number of alkyl halides is 2. The van der Waals surface area contributed by atoms with Crippen molar-refractivity contribution in [3.63, 3.8) is 0 Å². The van der Waals surface area contributed by atoms with Gasteiger partial charge in [0.25, 0.3) is 27.5 Å². The summed E-state index contributed by atoms with van der Waals surface area (Å²) in [5.41, 5.74) is 2.22. The molecule has 10 rings (SSSR count). The number of amides is 1. The Labute approximate surface area is 415 Å². The number of hydrogen-bond donors (Lipinski definition) is 3. The van der Waals surface area contributed by atoms with Crippen LogP contribution in [0.5, 0.6) is 23.1 Å². The van der Waals surface area contributed by atoms with Crippen LogP contribution in [-0.4, -0.2) is 102 Å². The molecule has 1 amide bonds. The largest absolute Gasteiger partial charge is 0.491 e. The second kappa shape index (κ2) is 19.5. The molecular weight excluding hydrogens is 959 g/mol. The van der Waals surface area contributed by atoms with E-state index in [0.29, 0.717) is 75.0 Å². The number of hydrogen-bond acceptors (Lipinski definition) is 14. The lowest BCUT2D eigenvalue weighted by Crippen LogP contribution is -2.58. The first-order valence-corrected chi connectivity index (χ1v) is 26.6. The molecule has 0 bridgehead atoms. The van der Waals surface area contributed by atoms with Gasteiger partial charge < -0.3 is 33.9 Å². The van der Waals surface area contributed by atoms with Crippen LogP contribution in [0.4, 0.5) is 20.2 Å². The van der Waals surface area contributed by atoms with Gasteiger partial charge in [-0.15, -0.1) is 11.8 Å². The van der Waals surface area contributed by atoms with Crippen LogP contribution in [0.15, 0.2) is 82.7 Å². The van der Waals surface area contributed by atoms with E-state index in [1.54, 1.807) is 31.3 Å². The normalized spacial score (nSPS) is 23.8. The zero-order valence-electron chi connectivity index (χ0n) is 39.8. The van der Waals surface area contributed by atoms with E-state index >= 15 is 0 Å². The predicted molar refractivity (Wildman–Crippen MR) is 262 cm³/mol.